The molecule has 0 aliphatic carbocycles. The van der Waals surface area contributed by atoms with E-state index in [0.717, 1.165) is 11.3 Å². The maximum absolute atomic E-state index is 12.6. The highest BCUT2D eigenvalue weighted by Crippen LogP contribution is 2.25. The number of carbonyl (C=O) groups is 3. The third-order valence-corrected chi connectivity index (χ3v) is 4.22. The van der Waals surface area contributed by atoms with Gasteiger partial charge in [0.2, 0.25) is 5.91 Å². The number of amides is 4. The molecule has 0 unspecified atom stereocenters. The molecule has 4 amide bonds. The van der Waals surface area contributed by atoms with Gasteiger partial charge in [0.05, 0.1) is 7.11 Å². The molecule has 0 aromatic heterocycles. The number of rotatable bonds is 7. The summed E-state index contributed by atoms with van der Waals surface area (Å²) < 4.78 is 5.10. The molecule has 2 rings (SSSR count). The molecule has 1 saturated heterocycles. The smallest absolute Gasteiger partial charge is 0.325 e. The summed E-state index contributed by atoms with van der Waals surface area (Å²) in [5, 5.41) is 5.38. The molecule has 0 bridgehead atoms. The van der Waals surface area contributed by atoms with Crippen molar-refractivity contribution in [2.75, 3.05) is 19.0 Å². The fourth-order valence-corrected chi connectivity index (χ4v) is 2.68. The SMILES string of the molecule is COc1cccc(NC(=O)CN2C(=O)N[C@@](C)(CCC(C)C)C2=O)c1. The van der Waals surface area contributed by atoms with E-state index in [9.17, 15) is 14.4 Å². The van der Waals surface area contributed by atoms with Gasteiger partial charge in [-0.05, 0) is 37.8 Å². The lowest BCUT2D eigenvalue weighted by Gasteiger charge is -2.22. The van der Waals surface area contributed by atoms with Gasteiger partial charge < -0.3 is 15.4 Å². The Morgan fingerprint density at radius 2 is 2.08 bits per heavy atom. The number of carbonyl (C=O) groups excluding carboxylic acids is 3. The number of benzene rings is 1. The average molecular weight is 347 g/mol. The van der Waals surface area contributed by atoms with Crippen molar-refractivity contribution in [2.45, 2.75) is 39.2 Å². The van der Waals surface area contributed by atoms with Gasteiger partial charge in [-0.2, -0.15) is 0 Å². The Labute approximate surface area is 147 Å². The van der Waals surface area contributed by atoms with Crippen molar-refractivity contribution in [1.29, 1.82) is 0 Å². The molecule has 1 aliphatic heterocycles. The highest BCUT2D eigenvalue weighted by atomic mass is 16.5. The van der Waals surface area contributed by atoms with Crippen LogP contribution < -0.4 is 15.4 Å². The normalized spacial score (nSPS) is 20.0. The third kappa shape index (κ3) is 4.49. The molecule has 7 nitrogen and oxygen atoms in total. The van der Waals surface area contributed by atoms with Crippen LogP contribution in [0.2, 0.25) is 0 Å². The number of hydrogen-bond donors (Lipinski definition) is 2. The second-order valence-corrected chi connectivity index (χ2v) is 6.87. The minimum absolute atomic E-state index is 0.320. The summed E-state index contributed by atoms with van der Waals surface area (Å²) in [6.07, 6.45) is 1.36. The largest absolute Gasteiger partial charge is 0.497 e. The summed E-state index contributed by atoms with van der Waals surface area (Å²) >= 11 is 0. The zero-order valence-electron chi connectivity index (χ0n) is 15.1. The van der Waals surface area contributed by atoms with E-state index in [1.165, 1.54) is 7.11 Å². The average Bonchev–Trinajstić information content (AvgIpc) is 2.77. The lowest BCUT2D eigenvalue weighted by Crippen LogP contribution is -2.44. The third-order valence-electron chi connectivity index (χ3n) is 4.22. The molecule has 1 aromatic carbocycles. The van der Waals surface area contributed by atoms with Crippen molar-refractivity contribution in [2.24, 2.45) is 5.92 Å². The quantitative estimate of drug-likeness (QED) is 0.741. The Morgan fingerprint density at radius 3 is 2.72 bits per heavy atom. The predicted molar refractivity (Wildman–Crippen MR) is 94.3 cm³/mol. The Morgan fingerprint density at radius 1 is 1.36 bits per heavy atom. The number of urea groups is 1. The van der Waals surface area contributed by atoms with Crippen molar-refractivity contribution in [3.8, 4) is 5.75 Å². The molecule has 7 heteroatoms. The van der Waals surface area contributed by atoms with Gasteiger partial charge in [-0.3, -0.25) is 14.5 Å². The van der Waals surface area contributed by atoms with Crippen molar-refractivity contribution < 1.29 is 19.1 Å². The highest BCUT2D eigenvalue weighted by Gasteiger charge is 2.47. The van der Waals surface area contributed by atoms with Gasteiger partial charge in [-0.25, -0.2) is 4.79 Å². The zero-order valence-corrected chi connectivity index (χ0v) is 15.1. The first-order valence-corrected chi connectivity index (χ1v) is 8.33. The lowest BCUT2D eigenvalue weighted by atomic mass is 9.92. The maximum Gasteiger partial charge on any atom is 0.325 e. The number of hydrogen-bond acceptors (Lipinski definition) is 4. The van der Waals surface area contributed by atoms with Gasteiger partial charge in [-0.15, -0.1) is 0 Å². The van der Waals surface area contributed by atoms with Gasteiger partial charge in [0.15, 0.2) is 0 Å². The van der Waals surface area contributed by atoms with Gasteiger partial charge >= 0.3 is 6.03 Å². The zero-order chi connectivity index (χ0) is 18.6. The standard InChI is InChI=1S/C18H25N3O4/c1-12(2)8-9-18(3)16(23)21(17(24)20-18)11-15(22)19-13-6-5-7-14(10-13)25-4/h5-7,10,12H,8-9,11H2,1-4H3,(H,19,22)(H,20,24)/t18-/m0/s1. The predicted octanol–water partition coefficient (Wildman–Crippen LogP) is 2.38. The first-order valence-electron chi connectivity index (χ1n) is 8.33. The molecule has 0 radical (unpaired) electrons. The van der Waals surface area contributed by atoms with Crippen LogP contribution in [0.25, 0.3) is 0 Å². The van der Waals surface area contributed by atoms with E-state index >= 15 is 0 Å². The van der Waals surface area contributed by atoms with E-state index in [1.807, 2.05) is 0 Å². The van der Waals surface area contributed by atoms with Crippen molar-refractivity contribution >= 4 is 23.5 Å². The van der Waals surface area contributed by atoms with Crippen LogP contribution in [0.4, 0.5) is 10.5 Å². The maximum atomic E-state index is 12.6. The number of nitrogens with one attached hydrogen (secondary N) is 2. The van der Waals surface area contributed by atoms with Gasteiger partial charge in [0, 0.05) is 11.8 Å². The summed E-state index contributed by atoms with van der Waals surface area (Å²) in [6.45, 7) is 5.50. The highest BCUT2D eigenvalue weighted by molar-refractivity contribution is 6.09. The Bertz CT molecular complexity index is 674. The number of methoxy groups -OCH3 is 1. The van der Waals surface area contributed by atoms with E-state index in [2.05, 4.69) is 24.5 Å². The van der Waals surface area contributed by atoms with Crippen LogP contribution in [-0.2, 0) is 9.59 Å². The van der Waals surface area contributed by atoms with Crippen LogP contribution in [0, 0.1) is 5.92 Å². The molecule has 2 N–H and O–H groups in total. The molecule has 1 aliphatic rings. The molecule has 0 spiro atoms. The van der Waals surface area contributed by atoms with Crippen LogP contribution >= 0.6 is 0 Å². The number of anilines is 1. The Hall–Kier alpha value is -2.57. The fraction of sp³-hybridized carbons (Fsp3) is 0.500. The summed E-state index contributed by atoms with van der Waals surface area (Å²) in [5.74, 6) is 0.227. The van der Waals surface area contributed by atoms with Crippen molar-refractivity contribution in [3.63, 3.8) is 0 Å². The number of ether oxygens (including phenoxy) is 1. The van der Waals surface area contributed by atoms with Gasteiger partial charge in [0.25, 0.3) is 5.91 Å². The summed E-state index contributed by atoms with van der Waals surface area (Å²) in [6, 6.07) is 6.34. The van der Waals surface area contributed by atoms with Gasteiger partial charge in [-0.1, -0.05) is 19.9 Å². The Kier molecular flexibility index (Phi) is 5.66. The van der Waals surface area contributed by atoms with Gasteiger partial charge in [0.1, 0.15) is 17.8 Å². The molecule has 1 heterocycles. The topological polar surface area (TPSA) is 87.7 Å². The summed E-state index contributed by atoms with van der Waals surface area (Å²) in [5.41, 5.74) is -0.406. The lowest BCUT2D eigenvalue weighted by molar-refractivity contribution is -0.133. The summed E-state index contributed by atoms with van der Waals surface area (Å²) in [7, 11) is 1.53. The molecular formula is C18H25N3O4. The van der Waals surface area contributed by atoms with Crippen LogP contribution in [0.15, 0.2) is 24.3 Å². The Balaban J connectivity index is 2.00. The van der Waals surface area contributed by atoms with Crippen LogP contribution in [0.5, 0.6) is 5.75 Å². The molecule has 1 atom stereocenters. The van der Waals surface area contributed by atoms with Crippen molar-refractivity contribution in [1.82, 2.24) is 10.2 Å². The van der Waals surface area contributed by atoms with E-state index in [-0.39, 0.29) is 12.5 Å². The molecule has 136 valence electrons. The molecule has 0 saturated carbocycles. The second-order valence-electron chi connectivity index (χ2n) is 6.87. The van der Waals surface area contributed by atoms with Crippen LogP contribution in [-0.4, -0.2) is 41.9 Å². The fourth-order valence-electron chi connectivity index (χ4n) is 2.68. The monoisotopic (exact) mass is 347 g/mol. The minimum Gasteiger partial charge on any atom is -0.497 e. The number of nitrogens with zero attached hydrogens (tertiary/aromatic N) is 1. The molecular weight excluding hydrogens is 322 g/mol. The molecule has 25 heavy (non-hydrogen) atoms. The van der Waals surface area contributed by atoms with E-state index in [0.29, 0.717) is 23.8 Å². The van der Waals surface area contributed by atoms with E-state index < -0.39 is 17.5 Å². The van der Waals surface area contributed by atoms with Crippen LogP contribution in [0.3, 0.4) is 0 Å². The molecule has 1 fully saturated rings. The minimum atomic E-state index is -0.947. The molecule has 1 aromatic rings. The first-order chi connectivity index (χ1) is 11.7. The van der Waals surface area contributed by atoms with E-state index in [4.69, 9.17) is 4.74 Å². The first kappa shape index (κ1) is 18.8. The van der Waals surface area contributed by atoms with Crippen LogP contribution in [0.1, 0.15) is 33.6 Å². The number of imide groups is 1. The van der Waals surface area contributed by atoms with E-state index in [1.54, 1.807) is 31.2 Å². The van der Waals surface area contributed by atoms with Crippen molar-refractivity contribution in [3.05, 3.63) is 24.3 Å². The second kappa shape index (κ2) is 7.55. The summed E-state index contributed by atoms with van der Waals surface area (Å²) in [4.78, 5) is 37.9.